The second-order valence-electron chi connectivity index (χ2n) is 2.50. The maximum absolute atomic E-state index is 13.0. The zero-order valence-electron chi connectivity index (χ0n) is 7.39. The Morgan fingerprint density at radius 3 is 2.60 bits per heavy atom. The molecule has 0 saturated carbocycles. The van der Waals surface area contributed by atoms with Crippen LogP contribution in [0.4, 0.5) is 13.2 Å². The summed E-state index contributed by atoms with van der Waals surface area (Å²) in [5.74, 6) is -3.83. The molecular formula is C10H5F3O2. The van der Waals surface area contributed by atoms with E-state index in [1.807, 2.05) is 5.92 Å². The SMILES string of the molecule is C#CCOC(=O)c1ccc(F)c(F)c1F. The van der Waals surface area contributed by atoms with E-state index in [0.29, 0.717) is 6.07 Å². The van der Waals surface area contributed by atoms with Gasteiger partial charge in [-0.2, -0.15) is 0 Å². The lowest BCUT2D eigenvalue weighted by molar-refractivity contribution is 0.0550. The van der Waals surface area contributed by atoms with Crippen molar-refractivity contribution in [3.63, 3.8) is 0 Å². The molecule has 0 radical (unpaired) electrons. The Bertz CT molecular complexity index is 435. The highest BCUT2D eigenvalue weighted by molar-refractivity contribution is 5.89. The Kier molecular flexibility index (Phi) is 3.34. The van der Waals surface area contributed by atoms with E-state index >= 15 is 0 Å². The van der Waals surface area contributed by atoms with E-state index in [0.717, 1.165) is 6.07 Å². The number of carbonyl (C=O) groups is 1. The first-order valence-electron chi connectivity index (χ1n) is 3.82. The quantitative estimate of drug-likeness (QED) is 0.427. The molecule has 0 spiro atoms. The number of benzene rings is 1. The average molecular weight is 214 g/mol. The largest absolute Gasteiger partial charge is 0.449 e. The van der Waals surface area contributed by atoms with Crippen LogP contribution in [-0.4, -0.2) is 12.6 Å². The van der Waals surface area contributed by atoms with E-state index in [1.54, 1.807) is 0 Å². The highest BCUT2D eigenvalue weighted by Gasteiger charge is 2.19. The first-order valence-corrected chi connectivity index (χ1v) is 3.82. The molecule has 5 heteroatoms. The highest BCUT2D eigenvalue weighted by Crippen LogP contribution is 2.15. The lowest BCUT2D eigenvalue weighted by atomic mass is 10.2. The maximum Gasteiger partial charge on any atom is 0.342 e. The summed E-state index contributed by atoms with van der Waals surface area (Å²) in [6.07, 6.45) is 4.79. The van der Waals surface area contributed by atoms with Crippen LogP contribution in [-0.2, 0) is 4.74 Å². The van der Waals surface area contributed by atoms with Crippen LogP contribution in [0.15, 0.2) is 12.1 Å². The summed E-state index contributed by atoms with van der Waals surface area (Å²) in [6.45, 7) is -0.364. The molecule has 0 aliphatic heterocycles. The molecule has 2 nitrogen and oxygen atoms in total. The van der Waals surface area contributed by atoms with Gasteiger partial charge in [-0.15, -0.1) is 6.42 Å². The number of ether oxygens (including phenoxy) is 1. The van der Waals surface area contributed by atoms with E-state index in [-0.39, 0.29) is 6.61 Å². The third-order valence-corrected chi connectivity index (χ3v) is 1.54. The third kappa shape index (κ3) is 2.29. The summed E-state index contributed by atoms with van der Waals surface area (Å²) in [6, 6.07) is 1.41. The molecule has 1 rings (SSSR count). The fraction of sp³-hybridized carbons (Fsp3) is 0.100. The first-order chi connectivity index (χ1) is 7.07. The van der Waals surface area contributed by atoms with Gasteiger partial charge >= 0.3 is 5.97 Å². The van der Waals surface area contributed by atoms with Gasteiger partial charge in [0.2, 0.25) is 0 Å². The predicted molar refractivity (Wildman–Crippen MR) is 45.4 cm³/mol. The van der Waals surface area contributed by atoms with Crippen LogP contribution in [0.1, 0.15) is 10.4 Å². The van der Waals surface area contributed by atoms with Crippen LogP contribution in [0.3, 0.4) is 0 Å². The molecular weight excluding hydrogens is 209 g/mol. The average Bonchev–Trinajstić information content (AvgIpc) is 2.23. The van der Waals surface area contributed by atoms with Gasteiger partial charge in [-0.3, -0.25) is 0 Å². The molecule has 0 amide bonds. The van der Waals surface area contributed by atoms with Gasteiger partial charge in [-0.25, -0.2) is 18.0 Å². The molecule has 0 unspecified atom stereocenters. The molecule has 0 atom stereocenters. The minimum absolute atomic E-state index is 0.364. The fourth-order valence-corrected chi connectivity index (χ4v) is 0.869. The number of rotatable bonds is 2. The number of hydrogen-bond donors (Lipinski definition) is 0. The standard InChI is InChI=1S/C10H5F3O2/c1-2-5-15-10(14)6-3-4-7(11)9(13)8(6)12/h1,3-4H,5H2. The van der Waals surface area contributed by atoms with Gasteiger partial charge in [0, 0.05) is 0 Å². The van der Waals surface area contributed by atoms with Crippen molar-refractivity contribution in [1.29, 1.82) is 0 Å². The van der Waals surface area contributed by atoms with Gasteiger partial charge in [-0.1, -0.05) is 5.92 Å². The van der Waals surface area contributed by atoms with Gasteiger partial charge < -0.3 is 4.74 Å². The van der Waals surface area contributed by atoms with E-state index < -0.39 is 29.0 Å². The zero-order valence-corrected chi connectivity index (χ0v) is 7.39. The van der Waals surface area contributed by atoms with Crippen molar-refractivity contribution in [3.05, 3.63) is 35.1 Å². The van der Waals surface area contributed by atoms with Crippen molar-refractivity contribution in [2.75, 3.05) is 6.61 Å². The van der Waals surface area contributed by atoms with Crippen molar-refractivity contribution in [2.45, 2.75) is 0 Å². The smallest absolute Gasteiger partial charge is 0.342 e. The number of halogens is 3. The summed E-state index contributed by atoms with van der Waals surface area (Å²) >= 11 is 0. The van der Waals surface area contributed by atoms with Gasteiger partial charge in [-0.05, 0) is 12.1 Å². The summed E-state index contributed by atoms with van der Waals surface area (Å²) in [5.41, 5.74) is -0.691. The lowest BCUT2D eigenvalue weighted by Crippen LogP contribution is -2.09. The maximum atomic E-state index is 13.0. The first kappa shape index (κ1) is 11.1. The van der Waals surface area contributed by atoms with Crippen molar-refractivity contribution in [3.8, 4) is 12.3 Å². The summed E-state index contributed by atoms with van der Waals surface area (Å²) < 4.78 is 42.5. The van der Waals surface area contributed by atoms with E-state index in [4.69, 9.17) is 6.42 Å². The fourth-order valence-electron chi connectivity index (χ4n) is 0.869. The Hall–Kier alpha value is -1.96. The van der Waals surface area contributed by atoms with Crippen molar-refractivity contribution in [1.82, 2.24) is 0 Å². The summed E-state index contributed by atoms with van der Waals surface area (Å²) in [4.78, 5) is 11.0. The van der Waals surface area contributed by atoms with Crippen molar-refractivity contribution < 1.29 is 22.7 Å². The van der Waals surface area contributed by atoms with Gasteiger partial charge in [0.15, 0.2) is 24.1 Å². The number of carbonyl (C=O) groups excluding carboxylic acids is 1. The molecule has 0 fully saturated rings. The predicted octanol–water partition coefficient (Wildman–Crippen LogP) is 1.89. The van der Waals surface area contributed by atoms with Crippen LogP contribution >= 0.6 is 0 Å². The summed E-state index contributed by atoms with van der Waals surface area (Å²) in [7, 11) is 0. The molecule has 0 bridgehead atoms. The van der Waals surface area contributed by atoms with E-state index in [1.165, 1.54) is 0 Å². The third-order valence-electron chi connectivity index (χ3n) is 1.54. The molecule has 78 valence electrons. The Morgan fingerprint density at radius 2 is 2.00 bits per heavy atom. The molecule has 0 saturated heterocycles. The Labute approximate surface area is 83.7 Å². The highest BCUT2D eigenvalue weighted by atomic mass is 19.2. The van der Waals surface area contributed by atoms with E-state index in [9.17, 15) is 18.0 Å². The lowest BCUT2D eigenvalue weighted by Gasteiger charge is -2.03. The van der Waals surface area contributed by atoms with E-state index in [2.05, 4.69) is 4.74 Å². The van der Waals surface area contributed by atoms with Gasteiger partial charge in [0.05, 0.1) is 5.56 Å². The number of terminal acetylenes is 1. The molecule has 1 aromatic carbocycles. The van der Waals surface area contributed by atoms with Gasteiger partial charge in [0.25, 0.3) is 0 Å². The van der Waals surface area contributed by atoms with Crippen molar-refractivity contribution >= 4 is 5.97 Å². The number of esters is 1. The van der Waals surface area contributed by atoms with Crippen LogP contribution in [0.5, 0.6) is 0 Å². The van der Waals surface area contributed by atoms with Crippen LogP contribution in [0.25, 0.3) is 0 Å². The Balaban J connectivity index is 3.01. The zero-order chi connectivity index (χ0) is 11.4. The monoisotopic (exact) mass is 214 g/mol. The molecule has 0 N–H and O–H groups in total. The van der Waals surface area contributed by atoms with Gasteiger partial charge in [0.1, 0.15) is 0 Å². The minimum atomic E-state index is -1.72. The second kappa shape index (κ2) is 4.51. The molecule has 15 heavy (non-hydrogen) atoms. The molecule has 0 heterocycles. The second-order valence-corrected chi connectivity index (χ2v) is 2.50. The molecule has 0 aliphatic carbocycles. The molecule has 0 aromatic heterocycles. The Morgan fingerprint density at radius 1 is 1.33 bits per heavy atom. The molecule has 0 aliphatic rings. The summed E-state index contributed by atoms with van der Waals surface area (Å²) in [5, 5.41) is 0. The van der Waals surface area contributed by atoms with Crippen LogP contribution in [0, 0.1) is 29.8 Å². The topological polar surface area (TPSA) is 26.3 Å². The molecule has 1 aromatic rings. The normalized spacial score (nSPS) is 9.47. The number of hydrogen-bond acceptors (Lipinski definition) is 2. The van der Waals surface area contributed by atoms with Crippen LogP contribution in [0.2, 0.25) is 0 Å². The van der Waals surface area contributed by atoms with Crippen LogP contribution < -0.4 is 0 Å². The van der Waals surface area contributed by atoms with Crippen molar-refractivity contribution in [2.24, 2.45) is 0 Å². The minimum Gasteiger partial charge on any atom is -0.449 e.